The Bertz CT molecular complexity index is 873. The maximum absolute atomic E-state index is 13.6. The molecule has 1 aliphatic heterocycles. The summed E-state index contributed by atoms with van der Waals surface area (Å²) in [6.45, 7) is 3.56. The molecule has 0 bridgehead atoms. The minimum Gasteiger partial charge on any atom is -0.381 e. The van der Waals surface area contributed by atoms with Crippen molar-refractivity contribution in [2.24, 2.45) is 0 Å². The van der Waals surface area contributed by atoms with Gasteiger partial charge in [0.05, 0.1) is 29.1 Å². The highest BCUT2D eigenvalue weighted by Gasteiger charge is 2.19. The van der Waals surface area contributed by atoms with Gasteiger partial charge in [-0.1, -0.05) is 0 Å². The van der Waals surface area contributed by atoms with Crippen molar-refractivity contribution < 1.29 is 9.13 Å². The molecule has 2 aromatic heterocycles. The molecule has 3 heterocycles. The van der Waals surface area contributed by atoms with Gasteiger partial charge in [-0.05, 0) is 38.0 Å². The third-order valence-electron chi connectivity index (χ3n) is 4.43. The highest BCUT2D eigenvalue weighted by Crippen LogP contribution is 2.28. The molecule has 0 amide bonds. The Morgan fingerprint density at radius 3 is 2.92 bits per heavy atom. The monoisotopic (exact) mass is 327 g/mol. The van der Waals surface area contributed by atoms with Crippen LogP contribution in [0.4, 0.5) is 15.9 Å². The molecule has 1 fully saturated rings. The molecule has 0 aliphatic carbocycles. The van der Waals surface area contributed by atoms with Gasteiger partial charge < -0.3 is 10.1 Å². The zero-order chi connectivity index (χ0) is 16.5. The summed E-state index contributed by atoms with van der Waals surface area (Å²) in [4.78, 5) is 8.43. The molecular formula is C17H18FN5O. The molecule has 4 rings (SSSR count). The fraction of sp³-hybridized carbons (Fsp3) is 0.353. The maximum atomic E-state index is 13.6. The van der Waals surface area contributed by atoms with Crippen LogP contribution < -0.4 is 5.32 Å². The summed E-state index contributed by atoms with van der Waals surface area (Å²) >= 11 is 0. The van der Waals surface area contributed by atoms with E-state index in [1.807, 2.05) is 11.6 Å². The molecule has 1 aromatic carbocycles. The number of benzene rings is 1. The van der Waals surface area contributed by atoms with Crippen molar-refractivity contribution in [3.63, 3.8) is 0 Å². The van der Waals surface area contributed by atoms with Crippen molar-refractivity contribution in [1.29, 1.82) is 0 Å². The molecule has 0 radical (unpaired) electrons. The smallest absolute Gasteiger partial charge is 0.141 e. The first-order chi connectivity index (χ1) is 11.7. The number of halogens is 1. The predicted molar refractivity (Wildman–Crippen MR) is 88.8 cm³/mol. The Morgan fingerprint density at radius 1 is 1.25 bits per heavy atom. The summed E-state index contributed by atoms with van der Waals surface area (Å²) in [6.07, 6.45) is 5.19. The molecular weight excluding hydrogens is 309 g/mol. The van der Waals surface area contributed by atoms with Gasteiger partial charge in [0.2, 0.25) is 0 Å². The van der Waals surface area contributed by atoms with Crippen molar-refractivity contribution >= 4 is 22.4 Å². The van der Waals surface area contributed by atoms with Gasteiger partial charge in [-0.3, -0.25) is 4.68 Å². The molecule has 0 saturated carbocycles. The van der Waals surface area contributed by atoms with Crippen molar-refractivity contribution in [2.75, 3.05) is 18.5 Å². The molecule has 0 atom stereocenters. The zero-order valence-electron chi connectivity index (χ0n) is 13.4. The van der Waals surface area contributed by atoms with E-state index in [1.54, 1.807) is 12.3 Å². The molecule has 1 N–H and O–H groups in total. The lowest BCUT2D eigenvalue weighted by molar-refractivity contribution is 0.0657. The normalized spacial score (nSPS) is 15.8. The van der Waals surface area contributed by atoms with E-state index < -0.39 is 0 Å². The summed E-state index contributed by atoms with van der Waals surface area (Å²) in [5.41, 5.74) is 2.60. The van der Waals surface area contributed by atoms with Crippen molar-refractivity contribution in [3.05, 3.63) is 42.2 Å². The second-order valence-corrected chi connectivity index (χ2v) is 5.94. The van der Waals surface area contributed by atoms with Gasteiger partial charge in [0, 0.05) is 18.6 Å². The molecule has 6 nitrogen and oxygen atoms in total. The average molecular weight is 327 g/mol. The van der Waals surface area contributed by atoms with Crippen LogP contribution >= 0.6 is 0 Å². The number of aromatic nitrogens is 4. The predicted octanol–water partition coefficient (Wildman–Crippen LogP) is 3.37. The Labute approximate surface area is 138 Å². The van der Waals surface area contributed by atoms with E-state index in [1.165, 1.54) is 18.5 Å². The molecule has 0 unspecified atom stereocenters. The molecule has 0 spiro atoms. The number of anilines is 2. The fourth-order valence-electron chi connectivity index (χ4n) is 3.10. The van der Waals surface area contributed by atoms with Crippen LogP contribution in [-0.4, -0.2) is 33.0 Å². The van der Waals surface area contributed by atoms with Crippen molar-refractivity contribution in [2.45, 2.75) is 25.8 Å². The van der Waals surface area contributed by atoms with Crippen LogP contribution in [0.2, 0.25) is 0 Å². The second kappa shape index (κ2) is 6.16. The molecule has 124 valence electrons. The van der Waals surface area contributed by atoms with Crippen LogP contribution in [0, 0.1) is 12.7 Å². The zero-order valence-corrected chi connectivity index (χ0v) is 13.4. The average Bonchev–Trinajstić information content (AvgIpc) is 2.97. The lowest BCUT2D eigenvalue weighted by atomic mass is 10.1. The third kappa shape index (κ3) is 2.71. The van der Waals surface area contributed by atoms with Gasteiger partial charge in [0.15, 0.2) is 0 Å². The minimum atomic E-state index is -0.310. The largest absolute Gasteiger partial charge is 0.381 e. The molecule has 7 heteroatoms. The third-order valence-corrected chi connectivity index (χ3v) is 4.43. The summed E-state index contributed by atoms with van der Waals surface area (Å²) in [6, 6.07) is 4.84. The minimum absolute atomic E-state index is 0.310. The van der Waals surface area contributed by atoms with E-state index >= 15 is 0 Å². The fourth-order valence-corrected chi connectivity index (χ4v) is 3.10. The Kier molecular flexibility index (Phi) is 3.86. The summed E-state index contributed by atoms with van der Waals surface area (Å²) in [5.74, 6) is 0.268. The van der Waals surface area contributed by atoms with Crippen LogP contribution in [-0.2, 0) is 4.74 Å². The number of nitrogens with one attached hydrogen (secondary N) is 1. The van der Waals surface area contributed by atoms with Crippen LogP contribution in [0.25, 0.3) is 10.9 Å². The van der Waals surface area contributed by atoms with Crippen molar-refractivity contribution in [1.82, 2.24) is 19.7 Å². The van der Waals surface area contributed by atoms with Gasteiger partial charge in [-0.15, -0.1) is 0 Å². The van der Waals surface area contributed by atoms with Gasteiger partial charge in [0.1, 0.15) is 18.0 Å². The van der Waals surface area contributed by atoms with Gasteiger partial charge in [0.25, 0.3) is 0 Å². The second-order valence-electron chi connectivity index (χ2n) is 5.94. The molecule has 3 aromatic rings. The molecule has 1 aliphatic rings. The highest BCUT2D eigenvalue weighted by molar-refractivity contribution is 5.90. The van der Waals surface area contributed by atoms with E-state index in [-0.39, 0.29) is 5.82 Å². The Morgan fingerprint density at radius 2 is 2.08 bits per heavy atom. The lowest BCUT2D eigenvalue weighted by Crippen LogP contribution is -2.21. The van der Waals surface area contributed by atoms with Crippen LogP contribution in [0.15, 0.2) is 30.7 Å². The Balaban J connectivity index is 1.66. The Hall–Kier alpha value is -2.54. The SMILES string of the molecule is Cc1c(Nc2ncnc3ccc(F)cc23)cnn1C1CCOCC1. The standard InChI is InChI=1S/C17H18FN5O/c1-11-16(9-21-23(11)13-4-6-24-7-5-13)22-17-14-8-12(18)2-3-15(14)19-10-20-17/h2-3,8-10,13H,4-7H2,1H3,(H,19,20,22). The number of fused-ring (bicyclic) bond motifs is 1. The van der Waals surface area contributed by atoms with Crippen LogP contribution in [0.5, 0.6) is 0 Å². The number of nitrogens with zero attached hydrogens (tertiary/aromatic N) is 4. The summed E-state index contributed by atoms with van der Waals surface area (Å²) in [5, 5.41) is 8.43. The molecule has 1 saturated heterocycles. The van der Waals surface area contributed by atoms with E-state index in [9.17, 15) is 4.39 Å². The van der Waals surface area contributed by atoms with E-state index in [4.69, 9.17) is 4.74 Å². The highest BCUT2D eigenvalue weighted by atomic mass is 19.1. The van der Waals surface area contributed by atoms with Gasteiger partial charge >= 0.3 is 0 Å². The van der Waals surface area contributed by atoms with E-state index in [0.29, 0.717) is 22.8 Å². The first-order valence-corrected chi connectivity index (χ1v) is 8.01. The number of hydrogen-bond donors (Lipinski definition) is 1. The van der Waals surface area contributed by atoms with Gasteiger partial charge in [-0.2, -0.15) is 5.10 Å². The lowest BCUT2D eigenvalue weighted by Gasteiger charge is -2.23. The first-order valence-electron chi connectivity index (χ1n) is 8.01. The molecule has 24 heavy (non-hydrogen) atoms. The van der Waals surface area contributed by atoms with E-state index in [2.05, 4.69) is 20.4 Å². The number of hydrogen-bond acceptors (Lipinski definition) is 5. The quantitative estimate of drug-likeness (QED) is 0.799. The number of rotatable bonds is 3. The number of ether oxygens (including phenoxy) is 1. The first kappa shape index (κ1) is 15.0. The van der Waals surface area contributed by atoms with Crippen LogP contribution in [0.3, 0.4) is 0 Å². The maximum Gasteiger partial charge on any atom is 0.141 e. The van der Waals surface area contributed by atoms with E-state index in [0.717, 1.165) is 37.4 Å². The van der Waals surface area contributed by atoms with Crippen molar-refractivity contribution in [3.8, 4) is 0 Å². The van der Waals surface area contributed by atoms with Gasteiger partial charge in [-0.25, -0.2) is 14.4 Å². The van der Waals surface area contributed by atoms with Crippen LogP contribution in [0.1, 0.15) is 24.6 Å². The summed E-state index contributed by atoms with van der Waals surface area (Å²) in [7, 11) is 0. The topological polar surface area (TPSA) is 64.9 Å². The summed E-state index contributed by atoms with van der Waals surface area (Å²) < 4.78 is 21.0.